The molecule has 2 N–H and O–H groups in total. The zero-order valence-electron chi connectivity index (χ0n) is 20.5. The van der Waals surface area contributed by atoms with Crippen LogP contribution in [0.15, 0.2) is 78.9 Å². The van der Waals surface area contributed by atoms with Crippen LogP contribution in [0.4, 0.5) is 11.4 Å². The van der Waals surface area contributed by atoms with Gasteiger partial charge in [-0.1, -0.05) is 69.0 Å². The minimum absolute atomic E-state index is 0.114. The molecule has 0 aliphatic heterocycles. The first kappa shape index (κ1) is 25.9. The van der Waals surface area contributed by atoms with Gasteiger partial charge in [0.1, 0.15) is 30.5 Å². The van der Waals surface area contributed by atoms with Crippen LogP contribution in [0.5, 0.6) is 17.2 Å². The molecule has 0 aromatic heterocycles. The minimum Gasteiger partial charge on any atom is -0.494 e. The maximum Gasteiger partial charge on any atom is 0.243 e. The predicted molar refractivity (Wildman–Crippen MR) is 142 cm³/mol. The summed E-state index contributed by atoms with van der Waals surface area (Å²) in [7, 11) is 0. The number of hydrogen-bond donors (Lipinski definition) is 2. The van der Waals surface area contributed by atoms with Crippen LogP contribution < -0.4 is 24.8 Å². The topological polar surface area (TPSA) is 68.8 Å². The standard InChI is InChI=1S/C29H36N2O4/c1-2-3-4-5-11-19-33-26-16-12-13-24(22-26)31-29(32)23-30-27-17-9-10-18-28(27)35-21-20-34-25-14-7-6-8-15-25/h6-10,12-18,22,30H,2-5,11,19-21,23H2,1H3,(H,31,32). The van der Waals surface area contributed by atoms with Crippen LogP contribution in [0.25, 0.3) is 0 Å². The van der Waals surface area contributed by atoms with Crippen molar-refractivity contribution >= 4 is 17.3 Å². The Bertz CT molecular complexity index is 1010. The second-order valence-electron chi connectivity index (χ2n) is 8.20. The molecule has 3 rings (SSSR count). The van der Waals surface area contributed by atoms with Gasteiger partial charge in [-0.3, -0.25) is 4.79 Å². The SMILES string of the molecule is CCCCCCCOc1cccc(NC(=O)CNc2ccccc2OCCOc2ccccc2)c1. The summed E-state index contributed by atoms with van der Waals surface area (Å²) in [6.07, 6.45) is 5.98. The number of nitrogens with one attached hydrogen (secondary N) is 2. The molecular weight excluding hydrogens is 440 g/mol. The van der Waals surface area contributed by atoms with Crippen molar-refractivity contribution in [2.45, 2.75) is 39.0 Å². The summed E-state index contributed by atoms with van der Waals surface area (Å²) in [5.41, 5.74) is 1.46. The predicted octanol–water partition coefficient (Wildman–Crippen LogP) is 6.54. The Morgan fingerprint density at radius 3 is 2.29 bits per heavy atom. The van der Waals surface area contributed by atoms with Crippen LogP contribution in [0.3, 0.4) is 0 Å². The van der Waals surface area contributed by atoms with Crippen molar-refractivity contribution < 1.29 is 19.0 Å². The van der Waals surface area contributed by atoms with E-state index in [0.29, 0.717) is 31.3 Å². The maximum absolute atomic E-state index is 12.5. The van der Waals surface area contributed by atoms with Gasteiger partial charge >= 0.3 is 0 Å². The molecule has 0 heterocycles. The maximum atomic E-state index is 12.5. The van der Waals surface area contributed by atoms with Crippen LogP contribution in [0.1, 0.15) is 39.0 Å². The number of anilines is 2. The number of ether oxygens (including phenoxy) is 3. The van der Waals surface area contributed by atoms with Gasteiger partial charge in [-0.05, 0) is 42.8 Å². The average Bonchev–Trinajstić information content (AvgIpc) is 2.89. The van der Waals surface area contributed by atoms with Crippen molar-refractivity contribution in [1.82, 2.24) is 0 Å². The lowest BCUT2D eigenvalue weighted by molar-refractivity contribution is -0.114. The number of rotatable bonds is 16. The Kier molecular flexibility index (Phi) is 11.3. The number of carbonyl (C=O) groups excluding carboxylic acids is 1. The Morgan fingerprint density at radius 2 is 1.43 bits per heavy atom. The van der Waals surface area contributed by atoms with Crippen molar-refractivity contribution in [2.75, 3.05) is 37.0 Å². The third kappa shape index (κ3) is 10.0. The summed E-state index contributed by atoms with van der Waals surface area (Å²) in [5, 5.41) is 6.07. The lowest BCUT2D eigenvalue weighted by atomic mass is 10.2. The van der Waals surface area contributed by atoms with E-state index >= 15 is 0 Å². The molecule has 3 aromatic rings. The van der Waals surface area contributed by atoms with Crippen molar-refractivity contribution in [3.8, 4) is 17.2 Å². The van der Waals surface area contributed by atoms with Gasteiger partial charge in [0, 0.05) is 11.8 Å². The molecule has 0 aliphatic carbocycles. The van der Waals surface area contributed by atoms with Gasteiger partial charge in [0.15, 0.2) is 0 Å². The van der Waals surface area contributed by atoms with Gasteiger partial charge in [-0.25, -0.2) is 0 Å². The summed E-state index contributed by atoms with van der Waals surface area (Å²) in [6.45, 7) is 3.84. The molecular formula is C29H36N2O4. The normalized spacial score (nSPS) is 10.4. The summed E-state index contributed by atoms with van der Waals surface area (Å²) < 4.78 is 17.4. The fraction of sp³-hybridized carbons (Fsp3) is 0.345. The Morgan fingerprint density at radius 1 is 0.714 bits per heavy atom. The number of hydrogen-bond acceptors (Lipinski definition) is 5. The highest BCUT2D eigenvalue weighted by Gasteiger charge is 2.07. The molecule has 0 atom stereocenters. The molecule has 6 nitrogen and oxygen atoms in total. The van der Waals surface area contributed by atoms with Gasteiger partial charge < -0.3 is 24.8 Å². The molecule has 0 aliphatic rings. The highest BCUT2D eigenvalue weighted by molar-refractivity contribution is 5.94. The smallest absolute Gasteiger partial charge is 0.243 e. The van der Waals surface area contributed by atoms with E-state index in [9.17, 15) is 4.79 Å². The van der Waals surface area contributed by atoms with E-state index in [-0.39, 0.29) is 12.5 Å². The van der Waals surface area contributed by atoms with Crippen molar-refractivity contribution in [1.29, 1.82) is 0 Å². The van der Waals surface area contributed by atoms with Gasteiger partial charge in [-0.15, -0.1) is 0 Å². The van der Waals surface area contributed by atoms with Gasteiger partial charge in [0.05, 0.1) is 18.8 Å². The molecule has 1 amide bonds. The molecule has 6 heteroatoms. The minimum atomic E-state index is -0.149. The highest BCUT2D eigenvalue weighted by atomic mass is 16.5. The number of amides is 1. The fourth-order valence-corrected chi connectivity index (χ4v) is 3.51. The van der Waals surface area contributed by atoms with E-state index in [1.165, 1.54) is 25.7 Å². The van der Waals surface area contributed by atoms with Crippen molar-refractivity contribution in [2.24, 2.45) is 0 Å². The number of para-hydroxylation sites is 3. The first-order chi connectivity index (χ1) is 17.2. The van der Waals surface area contributed by atoms with Crippen molar-refractivity contribution in [3.63, 3.8) is 0 Å². The van der Waals surface area contributed by atoms with Gasteiger partial charge in [0.2, 0.25) is 5.91 Å². The number of benzene rings is 3. The van der Waals surface area contributed by atoms with Crippen molar-refractivity contribution in [3.05, 3.63) is 78.9 Å². The zero-order valence-corrected chi connectivity index (χ0v) is 20.5. The average molecular weight is 477 g/mol. The Hall–Kier alpha value is -3.67. The summed E-state index contributed by atoms with van der Waals surface area (Å²) in [6, 6.07) is 24.7. The monoisotopic (exact) mass is 476 g/mol. The van der Waals surface area contributed by atoms with E-state index in [1.54, 1.807) is 0 Å². The largest absolute Gasteiger partial charge is 0.494 e. The van der Waals surface area contributed by atoms with Gasteiger partial charge in [0.25, 0.3) is 0 Å². The molecule has 0 unspecified atom stereocenters. The van der Waals surface area contributed by atoms with Crippen LogP contribution in [0.2, 0.25) is 0 Å². The fourth-order valence-electron chi connectivity index (χ4n) is 3.51. The highest BCUT2D eigenvalue weighted by Crippen LogP contribution is 2.24. The third-order valence-electron chi connectivity index (χ3n) is 5.31. The molecule has 0 saturated carbocycles. The van der Waals surface area contributed by atoms with E-state index < -0.39 is 0 Å². The van der Waals surface area contributed by atoms with Crippen LogP contribution in [0, 0.1) is 0 Å². The number of unbranched alkanes of at least 4 members (excludes halogenated alkanes) is 4. The Balaban J connectivity index is 1.40. The first-order valence-corrected chi connectivity index (χ1v) is 12.4. The summed E-state index contributed by atoms with van der Waals surface area (Å²) in [4.78, 5) is 12.5. The second kappa shape index (κ2) is 15.3. The van der Waals surface area contributed by atoms with E-state index in [4.69, 9.17) is 14.2 Å². The summed E-state index contributed by atoms with van der Waals surface area (Å²) in [5.74, 6) is 2.10. The van der Waals surface area contributed by atoms with E-state index in [2.05, 4.69) is 17.6 Å². The molecule has 0 saturated heterocycles. The van der Waals surface area contributed by atoms with E-state index in [0.717, 1.165) is 23.6 Å². The van der Waals surface area contributed by atoms with Crippen LogP contribution >= 0.6 is 0 Å². The van der Waals surface area contributed by atoms with E-state index in [1.807, 2.05) is 78.9 Å². The first-order valence-electron chi connectivity index (χ1n) is 12.4. The molecule has 35 heavy (non-hydrogen) atoms. The lowest BCUT2D eigenvalue weighted by Gasteiger charge is -2.14. The molecule has 3 aromatic carbocycles. The second-order valence-corrected chi connectivity index (χ2v) is 8.20. The molecule has 0 radical (unpaired) electrons. The molecule has 0 fully saturated rings. The zero-order chi connectivity index (χ0) is 24.6. The summed E-state index contributed by atoms with van der Waals surface area (Å²) >= 11 is 0. The molecule has 0 bridgehead atoms. The third-order valence-corrected chi connectivity index (χ3v) is 5.31. The van der Waals surface area contributed by atoms with Gasteiger partial charge in [-0.2, -0.15) is 0 Å². The lowest BCUT2D eigenvalue weighted by Crippen LogP contribution is -2.22. The Labute approximate surface area is 208 Å². The molecule has 186 valence electrons. The van der Waals surface area contributed by atoms with Crippen LogP contribution in [-0.2, 0) is 4.79 Å². The number of carbonyl (C=O) groups is 1. The molecule has 0 spiro atoms. The van der Waals surface area contributed by atoms with Crippen LogP contribution in [-0.4, -0.2) is 32.3 Å². The quantitative estimate of drug-likeness (QED) is 0.230.